The molecule has 0 unspecified atom stereocenters. The number of fused-ring (bicyclic) bond motifs is 1. The number of hydrogen-bond donors (Lipinski definition) is 1. The Morgan fingerprint density at radius 1 is 1.19 bits per heavy atom. The third-order valence-electron chi connectivity index (χ3n) is 4.83. The number of aryl methyl sites for hydroxylation is 1. The molecule has 0 aliphatic heterocycles. The van der Waals surface area contributed by atoms with E-state index in [0.717, 1.165) is 54.1 Å². The van der Waals surface area contributed by atoms with Gasteiger partial charge in [0.05, 0.1) is 5.69 Å². The van der Waals surface area contributed by atoms with Gasteiger partial charge < -0.3 is 0 Å². The van der Waals surface area contributed by atoms with Crippen LogP contribution in [0.4, 0.5) is 5.13 Å². The van der Waals surface area contributed by atoms with E-state index in [1.807, 2.05) is 35.0 Å². The molecule has 27 heavy (non-hydrogen) atoms. The average molecular weight is 382 g/mol. The maximum absolute atomic E-state index is 12.8. The van der Waals surface area contributed by atoms with Crippen molar-refractivity contribution in [3.05, 3.63) is 52.3 Å². The quantitative estimate of drug-likeness (QED) is 0.623. The van der Waals surface area contributed by atoms with Gasteiger partial charge in [0.15, 0.2) is 5.69 Å². The van der Waals surface area contributed by atoms with Gasteiger partial charge in [-0.25, -0.2) is 4.68 Å². The van der Waals surface area contributed by atoms with E-state index in [9.17, 15) is 4.79 Å². The zero-order valence-electron chi connectivity index (χ0n) is 15.4. The van der Waals surface area contributed by atoms with Crippen LogP contribution in [-0.2, 0) is 19.3 Å². The summed E-state index contributed by atoms with van der Waals surface area (Å²) in [6.45, 7) is 2.18. The Balaban J connectivity index is 1.53. The molecule has 0 bridgehead atoms. The van der Waals surface area contributed by atoms with Crippen molar-refractivity contribution in [3.63, 3.8) is 0 Å². The molecule has 1 amide bonds. The van der Waals surface area contributed by atoms with E-state index in [1.165, 1.54) is 24.2 Å². The lowest BCUT2D eigenvalue weighted by Crippen LogP contribution is -2.14. The molecule has 0 saturated heterocycles. The second-order valence-electron chi connectivity index (χ2n) is 6.79. The molecule has 7 heteroatoms. The summed E-state index contributed by atoms with van der Waals surface area (Å²) in [5.74, 6) is -0.195. The SMILES string of the molecule is CCCCCc1nnc(NC(=O)c2nn(-c3ccccc3)c3c2CCC3)s1. The summed E-state index contributed by atoms with van der Waals surface area (Å²) < 4.78 is 1.91. The predicted octanol–water partition coefficient (Wildman–Crippen LogP) is 4.20. The Labute approximate surface area is 162 Å². The van der Waals surface area contributed by atoms with Crippen molar-refractivity contribution in [2.24, 2.45) is 0 Å². The molecule has 4 rings (SSSR count). The summed E-state index contributed by atoms with van der Waals surface area (Å²) in [6.07, 6.45) is 7.28. The Kier molecular flexibility index (Phi) is 5.29. The normalized spacial score (nSPS) is 12.9. The van der Waals surface area contributed by atoms with Crippen LogP contribution in [0.1, 0.15) is 59.4 Å². The van der Waals surface area contributed by atoms with E-state index in [-0.39, 0.29) is 5.91 Å². The molecular formula is C20H23N5OS. The number of hydrogen-bond acceptors (Lipinski definition) is 5. The van der Waals surface area contributed by atoms with Crippen LogP contribution in [0, 0.1) is 0 Å². The van der Waals surface area contributed by atoms with Crippen molar-refractivity contribution in [1.82, 2.24) is 20.0 Å². The van der Waals surface area contributed by atoms with Gasteiger partial charge in [-0.2, -0.15) is 5.10 Å². The Hall–Kier alpha value is -2.54. The van der Waals surface area contributed by atoms with Gasteiger partial charge in [-0.05, 0) is 37.8 Å². The number of amides is 1. The van der Waals surface area contributed by atoms with Gasteiger partial charge in [-0.1, -0.05) is 49.3 Å². The first-order valence-electron chi connectivity index (χ1n) is 9.56. The third-order valence-corrected chi connectivity index (χ3v) is 5.73. The molecule has 2 heterocycles. The largest absolute Gasteiger partial charge is 0.295 e. The second kappa shape index (κ2) is 8.00. The summed E-state index contributed by atoms with van der Waals surface area (Å²) in [5, 5.41) is 17.3. The molecule has 3 aromatic rings. The predicted molar refractivity (Wildman–Crippen MR) is 107 cm³/mol. The summed E-state index contributed by atoms with van der Waals surface area (Å²) in [6, 6.07) is 9.98. The lowest BCUT2D eigenvalue weighted by atomic mass is 10.2. The van der Waals surface area contributed by atoms with Gasteiger partial charge in [0, 0.05) is 17.7 Å². The number of aromatic nitrogens is 4. The van der Waals surface area contributed by atoms with Crippen LogP contribution in [0.3, 0.4) is 0 Å². The first kappa shape index (κ1) is 17.9. The average Bonchev–Trinajstić information content (AvgIpc) is 3.39. The number of anilines is 1. The number of benzene rings is 1. The number of nitrogens with one attached hydrogen (secondary N) is 1. The number of nitrogens with zero attached hydrogens (tertiary/aromatic N) is 4. The highest BCUT2D eigenvalue weighted by atomic mass is 32.1. The first-order valence-corrected chi connectivity index (χ1v) is 10.4. The molecule has 1 N–H and O–H groups in total. The zero-order chi connectivity index (χ0) is 18.6. The van der Waals surface area contributed by atoms with Gasteiger partial charge in [-0.3, -0.25) is 10.1 Å². The summed E-state index contributed by atoms with van der Waals surface area (Å²) in [4.78, 5) is 12.8. The lowest BCUT2D eigenvalue weighted by molar-refractivity contribution is 0.102. The van der Waals surface area contributed by atoms with E-state index in [0.29, 0.717) is 10.8 Å². The van der Waals surface area contributed by atoms with Crippen LogP contribution in [0.25, 0.3) is 5.69 Å². The van der Waals surface area contributed by atoms with Gasteiger partial charge in [0.1, 0.15) is 5.01 Å². The van der Waals surface area contributed by atoms with Crippen LogP contribution in [0.5, 0.6) is 0 Å². The topological polar surface area (TPSA) is 72.7 Å². The molecule has 0 fully saturated rings. The van der Waals surface area contributed by atoms with E-state index < -0.39 is 0 Å². The van der Waals surface area contributed by atoms with Crippen molar-refractivity contribution in [2.75, 3.05) is 5.32 Å². The van der Waals surface area contributed by atoms with E-state index >= 15 is 0 Å². The lowest BCUT2D eigenvalue weighted by Gasteiger charge is -2.04. The maximum atomic E-state index is 12.8. The molecule has 2 aromatic heterocycles. The van der Waals surface area contributed by atoms with Crippen LogP contribution in [-0.4, -0.2) is 25.9 Å². The zero-order valence-corrected chi connectivity index (χ0v) is 16.3. The molecule has 1 aliphatic carbocycles. The summed E-state index contributed by atoms with van der Waals surface area (Å²) in [7, 11) is 0. The highest BCUT2D eigenvalue weighted by Gasteiger charge is 2.27. The van der Waals surface area contributed by atoms with Gasteiger partial charge in [0.25, 0.3) is 5.91 Å². The molecule has 0 radical (unpaired) electrons. The third kappa shape index (κ3) is 3.78. The standard InChI is InChI=1S/C20H23N5OS/c1-2-3-5-13-17-22-23-20(27-17)21-19(26)18-15-11-8-12-16(15)25(24-18)14-9-6-4-7-10-14/h4,6-7,9-10H,2-3,5,8,11-13H2,1H3,(H,21,23,26). The smallest absolute Gasteiger partial charge is 0.278 e. The van der Waals surface area contributed by atoms with Gasteiger partial charge >= 0.3 is 0 Å². The highest BCUT2D eigenvalue weighted by Crippen LogP contribution is 2.28. The molecule has 0 atom stereocenters. The molecule has 0 spiro atoms. The summed E-state index contributed by atoms with van der Waals surface area (Å²) >= 11 is 1.45. The van der Waals surface area contributed by atoms with Crippen LogP contribution >= 0.6 is 11.3 Å². The number of rotatable bonds is 7. The fraction of sp³-hybridized carbons (Fsp3) is 0.400. The maximum Gasteiger partial charge on any atom is 0.278 e. The highest BCUT2D eigenvalue weighted by molar-refractivity contribution is 7.15. The van der Waals surface area contributed by atoms with Crippen molar-refractivity contribution >= 4 is 22.4 Å². The number of carbonyl (C=O) groups is 1. The van der Waals surface area contributed by atoms with Gasteiger partial charge in [-0.15, -0.1) is 10.2 Å². The number of carbonyl (C=O) groups excluding carboxylic acids is 1. The Morgan fingerprint density at radius 2 is 2.04 bits per heavy atom. The van der Waals surface area contributed by atoms with Crippen LogP contribution in [0.2, 0.25) is 0 Å². The van der Waals surface area contributed by atoms with Crippen molar-refractivity contribution < 1.29 is 4.79 Å². The van der Waals surface area contributed by atoms with Crippen molar-refractivity contribution in [2.45, 2.75) is 51.9 Å². The summed E-state index contributed by atoms with van der Waals surface area (Å²) in [5.41, 5.74) is 3.70. The minimum atomic E-state index is -0.195. The number of unbranched alkanes of at least 4 members (excludes halogenated alkanes) is 2. The second-order valence-corrected chi connectivity index (χ2v) is 7.85. The number of para-hydroxylation sites is 1. The van der Waals surface area contributed by atoms with Crippen molar-refractivity contribution in [1.29, 1.82) is 0 Å². The molecule has 1 aromatic carbocycles. The van der Waals surface area contributed by atoms with Crippen LogP contribution in [0.15, 0.2) is 30.3 Å². The first-order chi connectivity index (χ1) is 13.3. The fourth-order valence-electron chi connectivity index (χ4n) is 3.49. The Morgan fingerprint density at radius 3 is 2.85 bits per heavy atom. The molecule has 0 saturated carbocycles. The van der Waals surface area contributed by atoms with Gasteiger partial charge in [0.2, 0.25) is 5.13 Å². The van der Waals surface area contributed by atoms with E-state index in [1.54, 1.807) is 0 Å². The molecule has 1 aliphatic rings. The minimum absolute atomic E-state index is 0.195. The Bertz CT molecular complexity index is 931. The van der Waals surface area contributed by atoms with Crippen molar-refractivity contribution in [3.8, 4) is 5.69 Å². The fourth-order valence-corrected chi connectivity index (χ4v) is 4.27. The monoisotopic (exact) mass is 381 g/mol. The van der Waals surface area contributed by atoms with Crippen LogP contribution < -0.4 is 5.32 Å². The molecular weight excluding hydrogens is 358 g/mol. The van der Waals surface area contributed by atoms with E-state index in [2.05, 4.69) is 27.5 Å². The van der Waals surface area contributed by atoms with E-state index in [4.69, 9.17) is 0 Å². The minimum Gasteiger partial charge on any atom is -0.295 e. The molecule has 140 valence electrons. The molecule has 6 nitrogen and oxygen atoms in total.